The molecule has 1 fully saturated rings. The van der Waals surface area contributed by atoms with E-state index in [9.17, 15) is 4.79 Å². The molecule has 2 N–H and O–H groups in total. The molecule has 5 heteroatoms. The minimum absolute atomic E-state index is 0.00325. The highest BCUT2D eigenvalue weighted by Gasteiger charge is 2.25. The van der Waals surface area contributed by atoms with Gasteiger partial charge in [-0.2, -0.15) is 0 Å². The van der Waals surface area contributed by atoms with Gasteiger partial charge in [-0.25, -0.2) is 4.79 Å². The summed E-state index contributed by atoms with van der Waals surface area (Å²) in [6.45, 7) is 3.65. The fourth-order valence-corrected chi connectivity index (χ4v) is 2.91. The van der Waals surface area contributed by atoms with Gasteiger partial charge in [-0.15, -0.1) is 0 Å². The smallest absolute Gasteiger partial charge is 0.317 e. The van der Waals surface area contributed by atoms with E-state index in [1.54, 1.807) is 0 Å². The molecule has 22 heavy (non-hydrogen) atoms. The number of hydrogen-bond donors (Lipinski definition) is 2. The van der Waals surface area contributed by atoms with Crippen molar-refractivity contribution in [2.24, 2.45) is 0 Å². The van der Waals surface area contributed by atoms with Gasteiger partial charge in [-0.3, -0.25) is 0 Å². The van der Waals surface area contributed by atoms with Crippen LogP contribution in [0, 0.1) is 0 Å². The molecule has 0 aromatic heterocycles. The van der Waals surface area contributed by atoms with Gasteiger partial charge in [-0.05, 0) is 31.7 Å². The summed E-state index contributed by atoms with van der Waals surface area (Å²) in [7, 11) is 0. The van der Waals surface area contributed by atoms with E-state index in [1.165, 1.54) is 6.42 Å². The molecule has 1 heterocycles. The Morgan fingerprint density at radius 3 is 3.00 bits per heavy atom. The topological polar surface area (TPSA) is 61.8 Å². The van der Waals surface area contributed by atoms with Crippen molar-refractivity contribution in [1.82, 2.24) is 10.2 Å². The van der Waals surface area contributed by atoms with Gasteiger partial charge in [0.1, 0.15) is 12.4 Å². The average Bonchev–Trinajstić information content (AvgIpc) is 2.58. The Hall–Kier alpha value is -1.75. The maximum Gasteiger partial charge on any atom is 0.317 e. The van der Waals surface area contributed by atoms with E-state index >= 15 is 0 Å². The molecule has 122 valence electrons. The molecule has 0 radical (unpaired) electrons. The van der Waals surface area contributed by atoms with Crippen LogP contribution in [0.4, 0.5) is 4.79 Å². The first-order valence-corrected chi connectivity index (χ1v) is 8.12. The van der Waals surface area contributed by atoms with Crippen LogP contribution in [-0.2, 0) is 6.54 Å². The van der Waals surface area contributed by atoms with Crippen molar-refractivity contribution in [2.45, 2.75) is 45.2 Å². The molecule has 1 aliphatic rings. The number of benzene rings is 1. The molecule has 1 saturated heterocycles. The summed E-state index contributed by atoms with van der Waals surface area (Å²) in [6, 6.07) is 7.95. The number of piperidine rings is 1. The fraction of sp³-hybridized carbons (Fsp3) is 0.588. The van der Waals surface area contributed by atoms with Crippen LogP contribution in [0.1, 0.15) is 38.2 Å². The second-order valence-corrected chi connectivity index (χ2v) is 5.59. The molecule has 2 amide bonds. The van der Waals surface area contributed by atoms with Gasteiger partial charge in [0.15, 0.2) is 0 Å². The summed E-state index contributed by atoms with van der Waals surface area (Å²) in [5.74, 6) is 0.711. The first-order chi connectivity index (χ1) is 10.8. The Labute approximate surface area is 132 Å². The third-order valence-corrected chi connectivity index (χ3v) is 4.11. The highest BCUT2D eigenvalue weighted by atomic mass is 16.5. The third-order valence-electron chi connectivity index (χ3n) is 4.11. The van der Waals surface area contributed by atoms with Crippen LogP contribution in [0.3, 0.4) is 0 Å². The molecule has 0 spiro atoms. The zero-order valence-corrected chi connectivity index (χ0v) is 13.3. The monoisotopic (exact) mass is 306 g/mol. The van der Waals surface area contributed by atoms with Crippen LogP contribution in [0.15, 0.2) is 24.3 Å². The molecule has 1 unspecified atom stereocenters. The molecule has 1 aromatic carbocycles. The van der Waals surface area contributed by atoms with E-state index in [0.29, 0.717) is 18.3 Å². The van der Waals surface area contributed by atoms with Gasteiger partial charge in [0.05, 0.1) is 6.61 Å². The van der Waals surface area contributed by atoms with Crippen molar-refractivity contribution in [3.8, 4) is 5.75 Å². The van der Waals surface area contributed by atoms with E-state index in [1.807, 2.05) is 29.2 Å². The Morgan fingerprint density at radius 2 is 2.23 bits per heavy atom. The fourth-order valence-electron chi connectivity index (χ4n) is 2.91. The Bertz CT molecular complexity index is 479. The second-order valence-electron chi connectivity index (χ2n) is 5.59. The van der Waals surface area contributed by atoms with Gasteiger partial charge in [-0.1, -0.05) is 25.1 Å². The molecule has 1 aliphatic heterocycles. The molecular formula is C17H26N2O3. The van der Waals surface area contributed by atoms with E-state index in [0.717, 1.165) is 31.4 Å². The van der Waals surface area contributed by atoms with Crippen molar-refractivity contribution in [1.29, 1.82) is 0 Å². The minimum Gasteiger partial charge on any atom is -0.491 e. The van der Waals surface area contributed by atoms with Crippen molar-refractivity contribution in [3.05, 3.63) is 29.8 Å². The van der Waals surface area contributed by atoms with Crippen molar-refractivity contribution in [2.75, 3.05) is 19.8 Å². The normalized spacial score (nSPS) is 18.1. The van der Waals surface area contributed by atoms with Crippen molar-refractivity contribution >= 4 is 6.03 Å². The lowest BCUT2D eigenvalue weighted by atomic mass is 10.0. The van der Waals surface area contributed by atoms with Crippen LogP contribution < -0.4 is 10.1 Å². The first kappa shape index (κ1) is 16.6. The number of aliphatic hydroxyl groups excluding tert-OH is 1. The number of aliphatic hydroxyl groups is 1. The summed E-state index contributed by atoms with van der Waals surface area (Å²) in [6.07, 6.45) is 4.39. The summed E-state index contributed by atoms with van der Waals surface area (Å²) in [5.41, 5.74) is 0.925. The number of carbonyl (C=O) groups excluding carboxylic acids is 1. The number of nitrogens with one attached hydrogen (secondary N) is 1. The van der Waals surface area contributed by atoms with Crippen LogP contribution in [0.2, 0.25) is 0 Å². The lowest BCUT2D eigenvalue weighted by Gasteiger charge is -2.35. The number of para-hydroxylation sites is 1. The lowest BCUT2D eigenvalue weighted by Crippen LogP contribution is -2.48. The molecule has 5 nitrogen and oxygen atoms in total. The summed E-state index contributed by atoms with van der Waals surface area (Å²) in [5, 5.41) is 11.9. The number of ether oxygens (including phenoxy) is 1. The Morgan fingerprint density at radius 1 is 1.41 bits per heavy atom. The number of carbonyl (C=O) groups is 1. The highest BCUT2D eigenvalue weighted by Crippen LogP contribution is 2.20. The minimum atomic E-state index is -0.0212. The molecule has 0 bridgehead atoms. The number of urea groups is 1. The SMILES string of the molecule is CCC1CCCCN1C(=O)NCc1ccccc1OCCO. The summed E-state index contributed by atoms with van der Waals surface area (Å²) >= 11 is 0. The van der Waals surface area contributed by atoms with Gasteiger partial charge in [0.25, 0.3) is 0 Å². The second kappa shape index (κ2) is 8.63. The zero-order chi connectivity index (χ0) is 15.8. The number of hydrogen-bond acceptors (Lipinski definition) is 3. The number of amides is 2. The van der Waals surface area contributed by atoms with E-state index in [-0.39, 0.29) is 19.2 Å². The Balaban J connectivity index is 1.93. The molecule has 1 aromatic rings. The average molecular weight is 306 g/mol. The van der Waals surface area contributed by atoms with E-state index in [4.69, 9.17) is 9.84 Å². The van der Waals surface area contributed by atoms with E-state index in [2.05, 4.69) is 12.2 Å². The van der Waals surface area contributed by atoms with Crippen molar-refractivity contribution < 1.29 is 14.6 Å². The standard InChI is InChI=1S/C17H26N2O3/c1-2-15-8-5-6-10-19(15)17(21)18-13-14-7-3-4-9-16(14)22-12-11-20/h3-4,7,9,15,20H,2,5-6,8,10-13H2,1H3,(H,18,21). The number of rotatable bonds is 6. The summed E-state index contributed by atoms with van der Waals surface area (Å²) < 4.78 is 5.49. The van der Waals surface area contributed by atoms with Crippen LogP contribution >= 0.6 is 0 Å². The molecule has 2 rings (SSSR count). The van der Waals surface area contributed by atoms with Crippen molar-refractivity contribution in [3.63, 3.8) is 0 Å². The lowest BCUT2D eigenvalue weighted by molar-refractivity contribution is 0.148. The van der Waals surface area contributed by atoms with Gasteiger partial charge >= 0.3 is 6.03 Å². The molecular weight excluding hydrogens is 280 g/mol. The molecule has 0 saturated carbocycles. The largest absolute Gasteiger partial charge is 0.491 e. The predicted molar refractivity (Wildman–Crippen MR) is 85.9 cm³/mol. The van der Waals surface area contributed by atoms with Gasteiger partial charge in [0.2, 0.25) is 0 Å². The van der Waals surface area contributed by atoms with Crippen LogP contribution in [0.25, 0.3) is 0 Å². The van der Waals surface area contributed by atoms with Crippen LogP contribution in [-0.4, -0.2) is 41.8 Å². The first-order valence-electron chi connectivity index (χ1n) is 8.12. The Kier molecular flexibility index (Phi) is 6.52. The third kappa shape index (κ3) is 4.37. The maximum absolute atomic E-state index is 12.4. The number of nitrogens with zero attached hydrogens (tertiary/aromatic N) is 1. The maximum atomic E-state index is 12.4. The van der Waals surface area contributed by atoms with Gasteiger partial charge < -0.3 is 20.1 Å². The van der Waals surface area contributed by atoms with E-state index < -0.39 is 0 Å². The number of likely N-dealkylation sites (tertiary alicyclic amines) is 1. The zero-order valence-electron chi connectivity index (χ0n) is 13.3. The highest BCUT2D eigenvalue weighted by molar-refractivity contribution is 5.74. The van der Waals surface area contributed by atoms with Crippen LogP contribution in [0.5, 0.6) is 5.75 Å². The quantitative estimate of drug-likeness (QED) is 0.849. The summed E-state index contributed by atoms with van der Waals surface area (Å²) in [4.78, 5) is 14.4. The molecule has 1 atom stereocenters. The molecule has 0 aliphatic carbocycles. The van der Waals surface area contributed by atoms with Gasteiger partial charge in [0, 0.05) is 24.7 Å². The predicted octanol–water partition coefficient (Wildman–Crippen LogP) is 2.53.